The van der Waals surface area contributed by atoms with Crippen molar-refractivity contribution in [3.8, 4) is 0 Å². The molecule has 2 aliphatic carbocycles. The van der Waals surface area contributed by atoms with Gasteiger partial charge in [0.05, 0.1) is 12.7 Å². The Morgan fingerprint density at radius 2 is 1.37 bits per heavy atom. The summed E-state index contributed by atoms with van der Waals surface area (Å²) in [5.74, 6) is -0.269. The summed E-state index contributed by atoms with van der Waals surface area (Å²) in [6.07, 6.45) is 15.0. The molecule has 2 atom stereocenters. The number of rotatable bonds is 5. The summed E-state index contributed by atoms with van der Waals surface area (Å²) in [4.78, 5) is 0. The van der Waals surface area contributed by atoms with Gasteiger partial charge in [-0.1, -0.05) is 32.6 Å². The van der Waals surface area contributed by atoms with E-state index in [1.165, 1.54) is 57.1 Å². The molecular formula is C26H37F3O. The molecule has 3 fully saturated rings. The number of hydrogen-bond donors (Lipinski definition) is 0. The SMILES string of the molecule is CCCC1CCC([C@@H]2CCC(C3CCC(c4cc(F)c(F)c(F)c4)CC3)OC2)CC1. The Hall–Kier alpha value is -1.03. The molecule has 1 saturated heterocycles. The van der Waals surface area contributed by atoms with Gasteiger partial charge in [-0.25, -0.2) is 13.2 Å². The van der Waals surface area contributed by atoms with E-state index >= 15 is 0 Å². The lowest BCUT2D eigenvalue weighted by Crippen LogP contribution is -2.37. The van der Waals surface area contributed by atoms with Gasteiger partial charge in [0.15, 0.2) is 17.5 Å². The van der Waals surface area contributed by atoms with E-state index in [0.29, 0.717) is 17.6 Å². The summed E-state index contributed by atoms with van der Waals surface area (Å²) in [6.45, 7) is 3.22. The Morgan fingerprint density at radius 1 is 0.767 bits per heavy atom. The molecule has 1 unspecified atom stereocenters. The summed E-state index contributed by atoms with van der Waals surface area (Å²) in [5, 5.41) is 0. The van der Waals surface area contributed by atoms with Gasteiger partial charge in [0.25, 0.3) is 0 Å². The predicted octanol–water partition coefficient (Wildman–Crippen LogP) is 7.78. The molecule has 0 bridgehead atoms. The average Bonchev–Trinajstić information content (AvgIpc) is 2.78. The summed E-state index contributed by atoms with van der Waals surface area (Å²) in [5.41, 5.74) is 0.605. The lowest BCUT2D eigenvalue weighted by atomic mass is 9.71. The number of ether oxygens (including phenoxy) is 1. The summed E-state index contributed by atoms with van der Waals surface area (Å²) >= 11 is 0. The Morgan fingerprint density at radius 3 is 1.93 bits per heavy atom. The minimum Gasteiger partial charge on any atom is -0.378 e. The van der Waals surface area contributed by atoms with E-state index in [0.717, 1.165) is 56.5 Å². The Kier molecular flexibility index (Phi) is 7.44. The highest BCUT2D eigenvalue weighted by Gasteiger charge is 2.35. The van der Waals surface area contributed by atoms with Crippen LogP contribution in [0.5, 0.6) is 0 Å². The summed E-state index contributed by atoms with van der Waals surface area (Å²) < 4.78 is 46.8. The van der Waals surface area contributed by atoms with Crippen LogP contribution in [0.3, 0.4) is 0 Å². The molecule has 0 N–H and O–H groups in total. The van der Waals surface area contributed by atoms with Gasteiger partial charge in [0, 0.05) is 0 Å². The van der Waals surface area contributed by atoms with Gasteiger partial charge >= 0.3 is 0 Å². The van der Waals surface area contributed by atoms with Crippen LogP contribution in [0, 0.1) is 41.1 Å². The normalized spacial score (nSPS) is 35.3. The molecule has 30 heavy (non-hydrogen) atoms. The molecule has 1 aromatic rings. The van der Waals surface area contributed by atoms with Gasteiger partial charge in [0.2, 0.25) is 0 Å². The second-order valence-corrected chi connectivity index (χ2v) is 10.2. The standard InChI is InChI=1S/C26H37F3O/c1-2-3-17-4-6-18(7-5-17)21-12-13-25(30-16-21)20-10-8-19(9-11-20)22-14-23(27)26(29)24(28)15-22/h14-15,17-21,25H,2-13,16H2,1H3/t17?,18?,19?,20?,21-,25?/m1/s1. The number of hydrogen-bond acceptors (Lipinski definition) is 1. The third kappa shape index (κ3) is 5.06. The van der Waals surface area contributed by atoms with E-state index in [4.69, 9.17) is 4.74 Å². The van der Waals surface area contributed by atoms with Crippen molar-refractivity contribution in [1.82, 2.24) is 0 Å². The molecule has 2 saturated carbocycles. The lowest BCUT2D eigenvalue weighted by molar-refractivity contribution is -0.0724. The van der Waals surface area contributed by atoms with Crippen LogP contribution >= 0.6 is 0 Å². The van der Waals surface area contributed by atoms with Crippen molar-refractivity contribution >= 4 is 0 Å². The summed E-state index contributed by atoms with van der Waals surface area (Å²) in [6, 6.07) is 2.36. The zero-order valence-corrected chi connectivity index (χ0v) is 18.4. The second kappa shape index (κ2) is 10.1. The number of halogens is 3. The molecule has 4 heteroatoms. The second-order valence-electron chi connectivity index (χ2n) is 10.2. The van der Waals surface area contributed by atoms with Crippen molar-refractivity contribution in [2.24, 2.45) is 23.7 Å². The minimum atomic E-state index is -1.36. The molecule has 0 spiro atoms. The Balaban J connectivity index is 1.22. The Labute approximate surface area is 179 Å². The molecule has 0 radical (unpaired) electrons. The van der Waals surface area contributed by atoms with E-state index < -0.39 is 17.5 Å². The molecule has 168 valence electrons. The van der Waals surface area contributed by atoms with Gasteiger partial charge in [-0.2, -0.15) is 0 Å². The van der Waals surface area contributed by atoms with E-state index in [1.54, 1.807) is 0 Å². The van der Waals surface area contributed by atoms with Crippen molar-refractivity contribution in [2.75, 3.05) is 6.61 Å². The first-order valence-electron chi connectivity index (χ1n) is 12.3. The van der Waals surface area contributed by atoms with Crippen molar-refractivity contribution < 1.29 is 17.9 Å². The first kappa shape index (κ1) is 22.2. The minimum absolute atomic E-state index is 0.125. The molecule has 0 amide bonds. The summed E-state index contributed by atoms with van der Waals surface area (Å²) in [7, 11) is 0. The smallest absolute Gasteiger partial charge is 0.194 e. The third-order valence-corrected chi connectivity index (χ3v) is 8.38. The zero-order valence-electron chi connectivity index (χ0n) is 18.4. The molecule has 0 aromatic heterocycles. The molecule has 1 nitrogen and oxygen atoms in total. The number of benzene rings is 1. The lowest BCUT2D eigenvalue weighted by Gasteiger charge is -2.41. The first-order chi connectivity index (χ1) is 14.5. The topological polar surface area (TPSA) is 9.23 Å². The van der Waals surface area contributed by atoms with Crippen LogP contribution in [0.2, 0.25) is 0 Å². The van der Waals surface area contributed by atoms with Crippen molar-refractivity contribution in [2.45, 2.75) is 96.0 Å². The van der Waals surface area contributed by atoms with E-state index in [2.05, 4.69) is 6.92 Å². The van der Waals surface area contributed by atoms with Gasteiger partial charge < -0.3 is 4.74 Å². The fourth-order valence-electron chi connectivity index (χ4n) is 6.53. The maximum absolute atomic E-state index is 13.6. The molecular weight excluding hydrogens is 385 g/mol. The molecule has 1 aliphatic heterocycles. The van der Waals surface area contributed by atoms with E-state index in [-0.39, 0.29) is 5.92 Å². The molecule has 4 rings (SSSR count). The van der Waals surface area contributed by atoms with E-state index in [1.807, 2.05) is 0 Å². The highest BCUT2D eigenvalue weighted by Crippen LogP contribution is 2.43. The average molecular weight is 423 g/mol. The quantitative estimate of drug-likeness (QED) is 0.440. The highest BCUT2D eigenvalue weighted by molar-refractivity contribution is 5.23. The van der Waals surface area contributed by atoms with Crippen LogP contribution in [-0.4, -0.2) is 12.7 Å². The van der Waals surface area contributed by atoms with Crippen LogP contribution in [-0.2, 0) is 4.74 Å². The highest BCUT2D eigenvalue weighted by atomic mass is 19.2. The van der Waals surface area contributed by atoms with Crippen molar-refractivity contribution in [3.05, 3.63) is 35.1 Å². The van der Waals surface area contributed by atoms with E-state index in [9.17, 15) is 13.2 Å². The van der Waals surface area contributed by atoms with Gasteiger partial charge in [-0.05, 0) is 98.7 Å². The van der Waals surface area contributed by atoms with Crippen LogP contribution in [0.15, 0.2) is 12.1 Å². The molecule has 1 aromatic carbocycles. The maximum atomic E-state index is 13.6. The predicted molar refractivity (Wildman–Crippen MR) is 114 cm³/mol. The van der Waals surface area contributed by atoms with Crippen LogP contribution in [0.4, 0.5) is 13.2 Å². The van der Waals surface area contributed by atoms with Crippen molar-refractivity contribution in [3.63, 3.8) is 0 Å². The zero-order chi connectivity index (χ0) is 21.1. The van der Waals surface area contributed by atoms with Crippen LogP contribution in [0.25, 0.3) is 0 Å². The van der Waals surface area contributed by atoms with Gasteiger partial charge in [-0.3, -0.25) is 0 Å². The molecule has 1 heterocycles. The third-order valence-electron chi connectivity index (χ3n) is 8.38. The first-order valence-corrected chi connectivity index (χ1v) is 12.3. The van der Waals surface area contributed by atoms with Gasteiger partial charge in [-0.15, -0.1) is 0 Å². The monoisotopic (exact) mass is 422 g/mol. The largest absolute Gasteiger partial charge is 0.378 e. The fourth-order valence-corrected chi connectivity index (χ4v) is 6.53. The van der Waals surface area contributed by atoms with Gasteiger partial charge in [0.1, 0.15) is 0 Å². The fraction of sp³-hybridized carbons (Fsp3) is 0.769. The Bertz CT molecular complexity index is 659. The van der Waals surface area contributed by atoms with Crippen molar-refractivity contribution in [1.29, 1.82) is 0 Å². The van der Waals surface area contributed by atoms with Crippen LogP contribution < -0.4 is 0 Å². The maximum Gasteiger partial charge on any atom is 0.194 e. The van der Waals surface area contributed by atoms with Crippen LogP contribution in [0.1, 0.15) is 95.5 Å². The molecule has 3 aliphatic rings.